The van der Waals surface area contributed by atoms with Crippen molar-refractivity contribution in [3.05, 3.63) is 0 Å². The lowest BCUT2D eigenvalue weighted by molar-refractivity contribution is 0.563. The second kappa shape index (κ2) is 14.3. The molecule has 0 spiro atoms. The summed E-state index contributed by atoms with van der Waals surface area (Å²) in [6.07, 6.45) is 19.5. The van der Waals surface area contributed by atoms with Crippen molar-refractivity contribution in [3.8, 4) is 0 Å². The summed E-state index contributed by atoms with van der Waals surface area (Å²) in [5, 5.41) is 0. The van der Waals surface area contributed by atoms with E-state index in [4.69, 9.17) is 0 Å². The Labute approximate surface area is 165 Å². The lowest BCUT2D eigenvalue weighted by Gasteiger charge is -2.18. The smallest absolute Gasteiger partial charge is 0.244 e. The number of hydrogen-bond acceptors (Lipinski definition) is 0. The minimum Gasteiger partial charge on any atom is -0.314 e. The van der Waals surface area contributed by atoms with Crippen molar-refractivity contribution in [1.82, 2.24) is 0 Å². The van der Waals surface area contributed by atoms with Crippen molar-refractivity contribution in [2.75, 3.05) is 0 Å². The van der Waals surface area contributed by atoms with E-state index in [1.165, 1.54) is 77.0 Å². The minimum absolute atomic E-state index is 0.882. The minimum atomic E-state index is -2.41. The zero-order chi connectivity index (χ0) is 19.1. The van der Waals surface area contributed by atoms with E-state index in [1.807, 2.05) is 13.1 Å². The van der Waals surface area contributed by atoms with Crippen LogP contribution in [0.1, 0.15) is 103 Å². The molecule has 1 saturated heterocycles. The van der Waals surface area contributed by atoms with Gasteiger partial charge in [-0.25, -0.2) is 0 Å². The first-order chi connectivity index (χ1) is 12.4. The SMILES string of the molecule is C[Si]1(F)CCCCCCCCCC[Si](C)(F)CCCCCCCCCC1. The van der Waals surface area contributed by atoms with Gasteiger partial charge >= 0.3 is 0 Å². The molecule has 0 bridgehead atoms. The molecule has 0 N–H and O–H groups in total. The Balaban J connectivity index is 2.27. The summed E-state index contributed by atoms with van der Waals surface area (Å²) in [4.78, 5) is 0. The molecule has 0 aliphatic carbocycles. The van der Waals surface area contributed by atoms with E-state index in [-0.39, 0.29) is 0 Å². The molecule has 0 nitrogen and oxygen atoms in total. The van der Waals surface area contributed by atoms with Crippen LogP contribution in [0.5, 0.6) is 0 Å². The quantitative estimate of drug-likeness (QED) is 0.278. The highest BCUT2D eigenvalue weighted by atomic mass is 28.4. The Morgan fingerprint density at radius 3 is 0.692 bits per heavy atom. The van der Waals surface area contributed by atoms with Gasteiger partial charge in [0.2, 0.25) is 16.8 Å². The van der Waals surface area contributed by atoms with Gasteiger partial charge in [0.15, 0.2) is 0 Å². The van der Waals surface area contributed by atoms with Crippen LogP contribution in [0.3, 0.4) is 0 Å². The molecule has 0 unspecified atom stereocenters. The Kier molecular flexibility index (Phi) is 13.4. The van der Waals surface area contributed by atoms with E-state index >= 15 is 0 Å². The van der Waals surface area contributed by atoms with E-state index < -0.39 is 16.8 Å². The molecule has 0 atom stereocenters. The predicted octanol–water partition coefficient (Wildman–Crippen LogP) is 9.33. The fourth-order valence-corrected chi connectivity index (χ4v) is 8.79. The second-order valence-corrected chi connectivity index (χ2v) is 17.1. The maximum Gasteiger partial charge on any atom is 0.244 e. The molecular weight excluding hydrogens is 358 g/mol. The average molecular weight is 405 g/mol. The molecule has 156 valence electrons. The van der Waals surface area contributed by atoms with Crippen molar-refractivity contribution in [3.63, 3.8) is 0 Å². The van der Waals surface area contributed by atoms with E-state index in [2.05, 4.69) is 0 Å². The van der Waals surface area contributed by atoms with Gasteiger partial charge in [0.25, 0.3) is 0 Å². The van der Waals surface area contributed by atoms with Crippen LogP contribution in [0, 0.1) is 0 Å². The summed E-state index contributed by atoms with van der Waals surface area (Å²) in [5.74, 6) is 0. The van der Waals surface area contributed by atoms with Gasteiger partial charge in [0, 0.05) is 0 Å². The Morgan fingerprint density at radius 1 is 0.346 bits per heavy atom. The molecule has 1 heterocycles. The highest BCUT2D eigenvalue weighted by molar-refractivity contribution is 6.72. The van der Waals surface area contributed by atoms with Crippen molar-refractivity contribution in [1.29, 1.82) is 0 Å². The zero-order valence-electron chi connectivity index (χ0n) is 17.9. The van der Waals surface area contributed by atoms with Crippen molar-refractivity contribution in [2.45, 2.75) is 140 Å². The summed E-state index contributed by atoms with van der Waals surface area (Å²) >= 11 is 0. The summed E-state index contributed by atoms with van der Waals surface area (Å²) < 4.78 is 29.3. The maximum atomic E-state index is 14.7. The molecule has 0 aromatic heterocycles. The molecule has 0 amide bonds. The third-order valence-electron chi connectivity index (χ3n) is 6.29. The first-order valence-corrected chi connectivity index (χ1v) is 17.4. The Hall–Kier alpha value is 0.294. The van der Waals surface area contributed by atoms with Crippen LogP contribution in [0.25, 0.3) is 0 Å². The fraction of sp³-hybridized carbons (Fsp3) is 1.00. The topological polar surface area (TPSA) is 0 Å². The van der Waals surface area contributed by atoms with Gasteiger partial charge in [-0.1, -0.05) is 103 Å². The lowest BCUT2D eigenvalue weighted by Crippen LogP contribution is -2.23. The first-order valence-electron chi connectivity index (χ1n) is 11.8. The molecule has 4 heteroatoms. The van der Waals surface area contributed by atoms with E-state index in [0.717, 1.165) is 49.9 Å². The first kappa shape index (κ1) is 24.3. The van der Waals surface area contributed by atoms with Gasteiger partial charge < -0.3 is 8.22 Å². The Morgan fingerprint density at radius 2 is 0.500 bits per heavy atom. The molecular formula is C22H46F2Si2. The van der Waals surface area contributed by atoms with Gasteiger partial charge in [-0.2, -0.15) is 0 Å². The summed E-state index contributed by atoms with van der Waals surface area (Å²) in [7, 11) is -4.82. The van der Waals surface area contributed by atoms with Crippen LogP contribution in [0.2, 0.25) is 37.3 Å². The van der Waals surface area contributed by atoms with Gasteiger partial charge in [0.05, 0.1) is 0 Å². The largest absolute Gasteiger partial charge is 0.314 e. The molecule has 1 fully saturated rings. The van der Waals surface area contributed by atoms with Gasteiger partial charge in [-0.05, 0) is 37.3 Å². The monoisotopic (exact) mass is 404 g/mol. The predicted molar refractivity (Wildman–Crippen MR) is 119 cm³/mol. The normalized spacial score (nSPS) is 33.7. The molecule has 26 heavy (non-hydrogen) atoms. The van der Waals surface area contributed by atoms with Crippen molar-refractivity contribution in [2.24, 2.45) is 0 Å². The van der Waals surface area contributed by atoms with Crippen molar-refractivity contribution < 1.29 is 8.22 Å². The van der Waals surface area contributed by atoms with E-state index in [1.54, 1.807) is 0 Å². The molecule has 1 aliphatic rings. The van der Waals surface area contributed by atoms with Crippen LogP contribution in [0.15, 0.2) is 0 Å². The second-order valence-electron chi connectivity index (χ2n) is 9.48. The van der Waals surface area contributed by atoms with Crippen molar-refractivity contribution >= 4 is 16.8 Å². The number of rotatable bonds is 0. The molecule has 0 saturated carbocycles. The van der Waals surface area contributed by atoms with E-state index in [9.17, 15) is 8.22 Å². The lowest BCUT2D eigenvalue weighted by atomic mass is 10.1. The van der Waals surface area contributed by atoms with E-state index in [0.29, 0.717) is 0 Å². The van der Waals surface area contributed by atoms with Crippen LogP contribution < -0.4 is 0 Å². The van der Waals surface area contributed by atoms with Crippen LogP contribution in [-0.2, 0) is 0 Å². The summed E-state index contributed by atoms with van der Waals surface area (Å²) in [6, 6.07) is 3.53. The third-order valence-corrected chi connectivity index (χ3v) is 11.9. The standard InChI is InChI=1S/C22H46F2Si2/c1-25(23)19-15-11-7-3-5-9-13-17-21-26(2,24)22-18-14-10-6-4-8-12-16-20-25/h3-22H2,1-2H3. The Bertz CT molecular complexity index is 272. The molecule has 0 radical (unpaired) electrons. The fourth-order valence-electron chi connectivity index (χ4n) is 4.35. The molecule has 1 rings (SSSR count). The van der Waals surface area contributed by atoms with Gasteiger partial charge in [-0.15, -0.1) is 0 Å². The van der Waals surface area contributed by atoms with Gasteiger partial charge in [0.1, 0.15) is 0 Å². The number of halogens is 2. The maximum absolute atomic E-state index is 14.7. The summed E-state index contributed by atoms with van der Waals surface area (Å²) in [6.45, 7) is 3.90. The molecule has 0 aromatic rings. The average Bonchev–Trinajstić information content (AvgIpc) is 2.57. The highest BCUT2D eigenvalue weighted by Crippen LogP contribution is 2.26. The highest BCUT2D eigenvalue weighted by Gasteiger charge is 2.27. The summed E-state index contributed by atoms with van der Waals surface area (Å²) in [5.41, 5.74) is 0. The van der Waals surface area contributed by atoms with Gasteiger partial charge in [-0.3, -0.25) is 0 Å². The third kappa shape index (κ3) is 14.4. The number of hydrogen-bond donors (Lipinski definition) is 0. The molecule has 0 aromatic carbocycles. The zero-order valence-corrected chi connectivity index (χ0v) is 19.9. The molecule has 1 aliphatic heterocycles. The van der Waals surface area contributed by atoms with Crippen LogP contribution in [-0.4, -0.2) is 16.8 Å². The van der Waals surface area contributed by atoms with Crippen LogP contribution >= 0.6 is 0 Å². The van der Waals surface area contributed by atoms with Crippen LogP contribution in [0.4, 0.5) is 8.22 Å².